The van der Waals surface area contributed by atoms with Gasteiger partial charge in [0.15, 0.2) is 0 Å². The van der Waals surface area contributed by atoms with Crippen molar-refractivity contribution in [2.75, 3.05) is 13.7 Å². The fourth-order valence-electron chi connectivity index (χ4n) is 5.02. The fraction of sp³-hybridized carbons (Fsp3) is 0.607. The van der Waals surface area contributed by atoms with E-state index in [0.29, 0.717) is 25.0 Å². The molecule has 2 fully saturated rings. The van der Waals surface area contributed by atoms with Gasteiger partial charge in [-0.25, -0.2) is 4.79 Å². The molecule has 2 aliphatic heterocycles. The molecular formula is C28H41N5O6. The minimum absolute atomic E-state index is 0.0155. The molecule has 2 heterocycles. The molecule has 0 aromatic heterocycles. The first-order valence-electron chi connectivity index (χ1n) is 13.8. The predicted octanol–water partition coefficient (Wildman–Crippen LogP) is 1.01. The molecule has 39 heavy (non-hydrogen) atoms. The third-order valence-electron chi connectivity index (χ3n) is 7.52. The SMILES string of the molecule is CNC(C)C(=O)NC(C)CCCCC1CCC(C(=O)NCc2cccc(C(=O)NC3CCOC3=O)c2)N1C=O. The number of rotatable bonds is 14. The molecule has 0 bridgehead atoms. The van der Waals surface area contributed by atoms with Crippen molar-refractivity contribution in [2.24, 2.45) is 0 Å². The average molecular weight is 544 g/mol. The number of nitrogens with zero attached hydrogens (tertiary/aromatic N) is 1. The Hall–Kier alpha value is -3.47. The zero-order valence-corrected chi connectivity index (χ0v) is 23.0. The van der Waals surface area contributed by atoms with Crippen LogP contribution < -0.4 is 21.3 Å². The van der Waals surface area contributed by atoms with Gasteiger partial charge < -0.3 is 30.9 Å². The van der Waals surface area contributed by atoms with Crippen LogP contribution in [0.1, 0.15) is 74.7 Å². The third-order valence-corrected chi connectivity index (χ3v) is 7.52. The van der Waals surface area contributed by atoms with E-state index in [9.17, 15) is 24.0 Å². The number of carbonyl (C=O) groups is 5. The van der Waals surface area contributed by atoms with Gasteiger partial charge in [0.1, 0.15) is 12.1 Å². The van der Waals surface area contributed by atoms with Crippen molar-refractivity contribution in [3.8, 4) is 0 Å². The summed E-state index contributed by atoms with van der Waals surface area (Å²) in [4.78, 5) is 62.5. The summed E-state index contributed by atoms with van der Waals surface area (Å²) in [7, 11) is 1.75. The molecule has 1 aromatic rings. The van der Waals surface area contributed by atoms with Gasteiger partial charge in [-0.2, -0.15) is 0 Å². The van der Waals surface area contributed by atoms with Crippen molar-refractivity contribution in [3.63, 3.8) is 0 Å². The molecule has 5 atom stereocenters. The van der Waals surface area contributed by atoms with E-state index in [-0.39, 0.29) is 42.4 Å². The lowest BCUT2D eigenvalue weighted by molar-refractivity contribution is -0.139. The van der Waals surface area contributed by atoms with E-state index >= 15 is 0 Å². The lowest BCUT2D eigenvalue weighted by Gasteiger charge is -2.26. The number of nitrogens with one attached hydrogen (secondary N) is 4. The minimum Gasteiger partial charge on any atom is -0.464 e. The van der Waals surface area contributed by atoms with E-state index in [1.807, 2.05) is 13.8 Å². The van der Waals surface area contributed by atoms with Crippen molar-refractivity contribution in [2.45, 2.75) is 95.5 Å². The number of benzene rings is 1. The molecule has 1 aromatic carbocycles. The van der Waals surface area contributed by atoms with Crippen LogP contribution in [0.3, 0.4) is 0 Å². The summed E-state index contributed by atoms with van der Waals surface area (Å²) in [6, 6.07) is 5.54. The maximum atomic E-state index is 12.9. The zero-order valence-electron chi connectivity index (χ0n) is 23.0. The van der Waals surface area contributed by atoms with E-state index in [4.69, 9.17) is 4.74 Å². The van der Waals surface area contributed by atoms with Crippen LogP contribution >= 0.6 is 0 Å². The monoisotopic (exact) mass is 543 g/mol. The smallest absolute Gasteiger partial charge is 0.328 e. The van der Waals surface area contributed by atoms with Crippen LogP contribution in [0.2, 0.25) is 0 Å². The van der Waals surface area contributed by atoms with Gasteiger partial charge in [-0.15, -0.1) is 0 Å². The first kappa shape index (κ1) is 30.1. The molecule has 3 rings (SSSR count). The first-order chi connectivity index (χ1) is 18.7. The van der Waals surface area contributed by atoms with Crippen molar-refractivity contribution >= 4 is 30.1 Å². The molecule has 0 aliphatic carbocycles. The fourth-order valence-corrected chi connectivity index (χ4v) is 5.02. The second-order valence-electron chi connectivity index (χ2n) is 10.4. The number of likely N-dealkylation sites (tertiary alicyclic amines) is 1. The Morgan fingerprint density at radius 3 is 2.64 bits per heavy atom. The van der Waals surface area contributed by atoms with Crippen LogP contribution in [0.15, 0.2) is 24.3 Å². The van der Waals surface area contributed by atoms with Crippen molar-refractivity contribution in [1.29, 1.82) is 0 Å². The third kappa shape index (κ3) is 8.51. The van der Waals surface area contributed by atoms with E-state index in [0.717, 1.165) is 44.1 Å². The van der Waals surface area contributed by atoms with Crippen LogP contribution in [0, 0.1) is 0 Å². The van der Waals surface area contributed by atoms with Crippen LogP contribution in [0.25, 0.3) is 0 Å². The molecule has 0 radical (unpaired) electrons. The molecule has 5 unspecified atom stereocenters. The van der Waals surface area contributed by atoms with E-state index < -0.39 is 18.1 Å². The van der Waals surface area contributed by atoms with Gasteiger partial charge in [0.25, 0.3) is 5.91 Å². The molecule has 2 aliphatic rings. The Morgan fingerprint density at radius 1 is 1.15 bits per heavy atom. The maximum Gasteiger partial charge on any atom is 0.328 e. The molecular weight excluding hydrogens is 502 g/mol. The van der Waals surface area contributed by atoms with Crippen LogP contribution in [-0.2, 0) is 30.5 Å². The number of carbonyl (C=O) groups excluding carboxylic acids is 5. The van der Waals surface area contributed by atoms with Crippen molar-refractivity contribution < 1.29 is 28.7 Å². The molecule has 2 saturated heterocycles. The molecule has 0 saturated carbocycles. The largest absolute Gasteiger partial charge is 0.464 e. The maximum absolute atomic E-state index is 12.9. The van der Waals surface area contributed by atoms with Gasteiger partial charge in [0.2, 0.25) is 18.2 Å². The number of cyclic esters (lactones) is 1. The predicted molar refractivity (Wildman–Crippen MR) is 144 cm³/mol. The standard InChI is InChI=1S/C28H41N5O6/c1-18(31-25(35)19(2)29-3)7-4-5-10-22-11-12-24(33(22)17-34)27(37)30-16-20-8-6-9-21(15-20)26(36)32-23-13-14-39-28(23)38/h6,8-9,15,17-19,22-24,29H,4-5,7,10-14,16H2,1-3H3,(H,30,37)(H,31,35)(H,32,36). The lowest BCUT2D eigenvalue weighted by atomic mass is 10.0. The topological polar surface area (TPSA) is 146 Å². The van der Waals surface area contributed by atoms with Gasteiger partial charge in [-0.3, -0.25) is 19.2 Å². The van der Waals surface area contributed by atoms with Gasteiger partial charge in [-0.1, -0.05) is 25.0 Å². The highest BCUT2D eigenvalue weighted by Gasteiger charge is 2.36. The van der Waals surface area contributed by atoms with Gasteiger partial charge >= 0.3 is 5.97 Å². The van der Waals surface area contributed by atoms with Crippen LogP contribution in [0.5, 0.6) is 0 Å². The number of hydrogen-bond donors (Lipinski definition) is 4. The zero-order chi connectivity index (χ0) is 28.4. The summed E-state index contributed by atoms with van der Waals surface area (Å²) in [6.07, 6.45) is 6.06. The summed E-state index contributed by atoms with van der Waals surface area (Å²) < 4.78 is 4.88. The molecule has 4 N–H and O–H groups in total. The summed E-state index contributed by atoms with van der Waals surface area (Å²) in [6.45, 7) is 4.32. The van der Waals surface area contributed by atoms with Crippen molar-refractivity contribution in [3.05, 3.63) is 35.4 Å². The van der Waals surface area contributed by atoms with E-state index in [1.54, 1.807) is 36.2 Å². The Balaban J connectivity index is 1.42. The second kappa shape index (κ2) is 14.6. The Labute approximate surface area is 229 Å². The normalized spacial score (nSPS) is 22.1. The molecule has 0 spiro atoms. The Morgan fingerprint density at radius 2 is 1.95 bits per heavy atom. The highest BCUT2D eigenvalue weighted by atomic mass is 16.5. The molecule has 11 nitrogen and oxygen atoms in total. The highest BCUT2D eigenvalue weighted by molar-refractivity contribution is 5.97. The molecule has 11 heteroatoms. The highest BCUT2D eigenvalue weighted by Crippen LogP contribution is 2.27. The number of likely N-dealkylation sites (N-methyl/N-ethyl adjacent to an activating group) is 1. The van der Waals surface area contributed by atoms with Gasteiger partial charge in [0.05, 0.1) is 12.6 Å². The van der Waals surface area contributed by atoms with Crippen molar-refractivity contribution in [1.82, 2.24) is 26.2 Å². The summed E-state index contributed by atoms with van der Waals surface area (Å²) in [5, 5.41) is 11.5. The number of ether oxygens (including phenoxy) is 1. The number of unbranched alkanes of at least 4 members (excludes halogenated alkanes) is 1. The molecule has 4 amide bonds. The number of hydrogen-bond acceptors (Lipinski definition) is 7. The van der Waals surface area contributed by atoms with Gasteiger partial charge in [0, 0.05) is 30.6 Å². The number of amides is 4. The van der Waals surface area contributed by atoms with E-state index in [1.165, 1.54) is 0 Å². The second-order valence-corrected chi connectivity index (χ2v) is 10.4. The van der Waals surface area contributed by atoms with Crippen LogP contribution in [0.4, 0.5) is 0 Å². The molecule has 214 valence electrons. The minimum atomic E-state index is -0.637. The lowest BCUT2D eigenvalue weighted by Crippen LogP contribution is -2.45. The first-order valence-corrected chi connectivity index (χ1v) is 13.8. The summed E-state index contributed by atoms with van der Waals surface area (Å²) >= 11 is 0. The van der Waals surface area contributed by atoms with E-state index in [2.05, 4.69) is 21.3 Å². The Bertz CT molecular complexity index is 1030. The average Bonchev–Trinajstić information content (AvgIpc) is 3.54. The number of esters is 1. The van der Waals surface area contributed by atoms with Gasteiger partial charge in [-0.05, 0) is 64.3 Å². The summed E-state index contributed by atoms with van der Waals surface area (Å²) in [5.41, 5.74) is 1.13. The Kier molecular flexibility index (Phi) is 11.3. The quantitative estimate of drug-likeness (QED) is 0.156. The van der Waals surface area contributed by atoms with Crippen LogP contribution in [-0.4, -0.2) is 78.9 Å². The summed E-state index contributed by atoms with van der Waals surface area (Å²) in [5.74, 6) is -1.04.